The van der Waals surface area contributed by atoms with Gasteiger partial charge in [0.2, 0.25) is 0 Å². The average molecular weight is 350 g/mol. The van der Waals surface area contributed by atoms with Crippen LogP contribution in [0.3, 0.4) is 0 Å². The fraction of sp³-hybridized carbons (Fsp3) is 0.588. The molecule has 3 aliphatic heterocycles. The fourth-order valence-corrected chi connectivity index (χ4v) is 5.66. The molecule has 0 N–H and O–H groups in total. The zero-order valence-electron chi connectivity index (χ0n) is 13.6. The Hall–Kier alpha value is -1.60. The van der Waals surface area contributed by atoms with Crippen molar-refractivity contribution in [1.29, 1.82) is 0 Å². The molecule has 0 saturated carbocycles. The lowest BCUT2D eigenvalue weighted by Gasteiger charge is -2.38. The van der Waals surface area contributed by atoms with Crippen molar-refractivity contribution in [2.45, 2.75) is 25.0 Å². The Kier molecular flexibility index (Phi) is 4.00. The lowest BCUT2D eigenvalue weighted by Crippen LogP contribution is -2.54. The molecule has 3 aliphatic rings. The predicted octanol–water partition coefficient (Wildman–Crippen LogP) is 0.321. The van der Waals surface area contributed by atoms with E-state index in [0.29, 0.717) is 25.3 Å². The number of carbonyl (C=O) groups excluding carboxylic acids is 1. The standard InChI is InChI=1S/C17H22N2O4S/c20-17(16-11-13-3-1-2-4-15(13)23-16)19-8-6-18(7-9-19)14-5-10-24(21,22)12-14/h1-4,14,16H,5-12H2. The molecule has 1 aromatic rings. The second-order valence-corrected chi connectivity index (χ2v) is 9.07. The van der Waals surface area contributed by atoms with Gasteiger partial charge in [-0.25, -0.2) is 8.42 Å². The molecule has 130 valence electrons. The molecule has 0 aromatic heterocycles. The van der Waals surface area contributed by atoms with Crippen LogP contribution < -0.4 is 4.74 Å². The van der Waals surface area contributed by atoms with Crippen LogP contribution in [-0.2, 0) is 21.1 Å². The van der Waals surface area contributed by atoms with Gasteiger partial charge in [-0.1, -0.05) is 18.2 Å². The van der Waals surface area contributed by atoms with Crippen molar-refractivity contribution < 1.29 is 17.9 Å². The Labute approximate surface area is 142 Å². The first-order valence-corrected chi connectivity index (χ1v) is 10.3. The van der Waals surface area contributed by atoms with Crippen molar-refractivity contribution in [3.05, 3.63) is 29.8 Å². The normalized spacial score (nSPS) is 29.2. The van der Waals surface area contributed by atoms with E-state index in [0.717, 1.165) is 30.8 Å². The second-order valence-electron chi connectivity index (χ2n) is 6.84. The number of benzene rings is 1. The second kappa shape index (κ2) is 6.04. The highest BCUT2D eigenvalue weighted by molar-refractivity contribution is 7.91. The highest BCUT2D eigenvalue weighted by atomic mass is 32.2. The monoisotopic (exact) mass is 350 g/mol. The minimum atomic E-state index is -2.86. The van der Waals surface area contributed by atoms with Crippen molar-refractivity contribution in [3.63, 3.8) is 0 Å². The summed E-state index contributed by atoms with van der Waals surface area (Å²) in [5.74, 6) is 1.42. The Morgan fingerprint density at radius 2 is 1.88 bits per heavy atom. The van der Waals surface area contributed by atoms with Crippen LogP contribution in [0.1, 0.15) is 12.0 Å². The van der Waals surface area contributed by atoms with Crippen LogP contribution in [0.25, 0.3) is 0 Å². The molecule has 6 nitrogen and oxygen atoms in total. The lowest BCUT2D eigenvalue weighted by molar-refractivity contribution is -0.140. The van der Waals surface area contributed by atoms with Crippen molar-refractivity contribution in [3.8, 4) is 5.75 Å². The average Bonchev–Trinajstić information content (AvgIpc) is 3.17. The maximum Gasteiger partial charge on any atom is 0.264 e. The van der Waals surface area contributed by atoms with Gasteiger partial charge in [0.25, 0.3) is 5.91 Å². The van der Waals surface area contributed by atoms with E-state index >= 15 is 0 Å². The van der Waals surface area contributed by atoms with Gasteiger partial charge in [-0.2, -0.15) is 0 Å². The van der Waals surface area contributed by atoms with E-state index in [2.05, 4.69) is 4.90 Å². The van der Waals surface area contributed by atoms with Gasteiger partial charge in [-0.05, 0) is 18.1 Å². The predicted molar refractivity (Wildman–Crippen MR) is 89.8 cm³/mol. The number of fused-ring (bicyclic) bond motifs is 1. The van der Waals surface area contributed by atoms with Crippen LogP contribution in [-0.4, -0.2) is 74.0 Å². The Morgan fingerprint density at radius 3 is 2.54 bits per heavy atom. The van der Waals surface area contributed by atoms with Crippen LogP contribution in [0.15, 0.2) is 24.3 Å². The number of amides is 1. The highest BCUT2D eigenvalue weighted by Crippen LogP contribution is 2.29. The minimum Gasteiger partial charge on any atom is -0.480 e. The number of piperazine rings is 1. The van der Waals surface area contributed by atoms with Gasteiger partial charge in [-0.3, -0.25) is 9.69 Å². The maximum atomic E-state index is 12.7. The molecule has 1 aromatic carbocycles. The van der Waals surface area contributed by atoms with Gasteiger partial charge in [-0.15, -0.1) is 0 Å². The van der Waals surface area contributed by atoms with E-state index < -0.39 is 15.9 Å². The Bertz CT molecular complexity index is 716. The molecule has 0 radical (unpaired) electrons. The molecule has 1 amide bonds. The van der Waals surface area contributed by atoms with Gasteiger partial charge >= 0.3 is 0 Å². The summed E-state index contributed by atoms with van der Waals surface area (Å²) in [7, 11) is -2.86. The lowest BCUT2D eigenvalue weighted by atomic mass is 10.1. The summed E-state index contributed by atoms with van der Waals surface area (Å²) in [5.41, 5.74) is 1.09. The summed E-state index contributed by atoms with van der Waals surface area (Å²) >= 11 is 0. The van der Waals surface area contributed by atoms with E-state index in [1.807, 2.05) is 29.2 Å². The van der Waals surface area contributed by atoms with Gasteiger partial charge in [0.1, 0.15) is 5.75 Å². The molecule has 0 aliphatic carbocycles. The van der Waals surface area contributed by atoms with Gasteiger partial charge in [0.05, 0.1) is 11.5 Å². The number of carbonyl (C=O) groups is 1. The fourth-order valence-electron chi connectivity index (χ4n) is 3.89. The molecule has 3 heterocycles. The molecule has 2 fully saturated rings. The summed E-state index contributed by atoms with van der Waals surface area (Å²) in [6.07, 6.45) is 0.939. The zero-order chi connectivity index (χ0) is 16.7. The maximum absolute atomic E-state index is 12.7. The molecule has 4 rings (SSSR count). The molecule has 0 spiro atoms. The number of rotatable bonds is 2. The SMILES string of the molecule is O=C(C1Cc2ccccc2O1)N1CCN(C2CCS(=O)(=O)C2)CC1. The minimum absolute atomic E-state index is 0.0462. The summed E-state index contributed by atoms with van der Waals surface area (Å²) in [5, 5.41) is 0. The summed E-state index contributed by atoms with van der Waals surface area (Å²) in [6.45, 7) is 2.77. The summed E-state index contributed by atoms with van der Waals surface area (Å²) in [4.78, 5) is 16.8. The van der Waals surface area contributed by atoms with E-state index in [1.54, 1.807) is 0 Å². The van der Waals surface area contributed by atoms with Crippen LogP contribution >= 0.6 is 0 Å². The quantitative estimate of drug-likeness (QED) is 0.769. The molecule has 24 heavy (non-hydrogen) atoms. The third-order valence-electron chi connectivity index (χ3n) is 5.27. The summed E-state index contributed by atoms with van der Waals surface area (Å²) < 4.78 is 29.1. The van der Waals surface area contributed by atoms with Crippen LogP contribution in [0.2, 0.25) is 0 Å². The molecule has 2 saturated heterocycles. The molecular formula is C17H22N2O4S. The van der Waals surface area contributed by atoms with Crippen LogP contribution in [0, 0.1) is 0 Å². The Morgan fingerprint density at radius 1 is 1.12 bits per heavy atom. The third-order valence-corrected chi connectivity index (χ3v) is 7.02. The first-order chi connectivity index (χ1) is 11.5. The number of hydrogen-bond donors (Lipinski definition) is 0. The van der Waals surface area contributed by atoms with Gasteiger partial charge < -0.3 is 9.64 Å². The number of ether oxygens (including phenoxy) is 1. The molecule has 2 atom stereocenters. The van der Waals surface area contributed by atoms with Crippen molar-refractivity contribution >= 4 is 15.7 Å². The van der Waals surface area contributed by atoms with Crippen molar-refractivity contribution in [2.24, 2.45) is 0 Å². The van der Waals surface area contributed by atoms with E-state index in [1.165, 1.54) is 0 Å². The third kappa shape index (κ3) is 3.02. The van der Waals surface area contributed by atoms with Crippen molar-refractivity contribution in [1.82, 2.24) is 9.80 Å². The largest absolute Gasteiger partial charge is 0.480 e. The number of sulfone groups is 1. The molecule has 7 heteroatoms. The molecule has 2 unspecified atom stereocenters. The molecular weight excluding hydrogens is 328 g/mol. The molecule has 0 bridgehead atoms. The first-order valence-electron chi connectivity index (χ1n) is 8.50. The topological polar surface area (TPSA) is 66.9 Å². The van der Waals surface area contributed by atoms with Crippen LogP contribution in [0.5, 0.6) is 5.75 Å². The van der Waals surface area contributed by atoms with Gasteiger partial charge in [0.15, 0.2) is 15.9 Å². The summed E-state index contributed by atoms with van der Waals surface area (Å²) in [6, 6.07) is 7.91. The van der Waals surface area contributed by atoms with Gasteiger partial charge in [0, 0.05) is 38.6 Å². The van der Waals surface area contributed by atoms with Crippen molar-refractivity contribution in [2.75, 3.05) is 37.7 Å². The van der Waals surface area contributed by atoms with Crippen LogP contribution in [0.4, 0.5) is 0 Å². The smallest absolute Gasteiger partial charge is 0.264 e. The Balaban J connectivity index is 1.33. The number of hydrogen-bond acceptors (Lipinski definition) is 5. The van der Waals surface area contributed by atoms with E-state index in [4.69, 9.17) is 4.74 Å². The first kappa shape index (κ1) is 15.9. The van der Waals surface area contributed by atoms with E-state index in [-0.39, 0.29) is 17.7 Å². The number of para-hydroxylation sites is 1. The highest BCUT2D eigenvalue weighted by Gasteiger charge is 2.37. The van der Waals surface area contributed by atoms with E-state index in [9.17, 15) is 13.2 Å². The zero-order valence-corrected chi connectivity index (χ0v) is 14.4. The number of nitrogens with zero attached hydrogens (tertiary/aromatic N) is 2.